The molecule has 1 amide bonds. The number of aromatic nitrogens is 1. The van der Waals surface area contributed by atoms with Gasteiger partial charge in [-0.25, -0.2) is 4.98 Å². The van der Waals surface area contributed by atoms with Gasteiger partial charge in [0.15, 0.2) is 0 Å². The first kappa shape index (κ1) is 9.51. The van der Waals surface area contributed by atoms with Gasteiger partial charge in [-0.2, -0.15) is 0 Å². The maximum Gasteiger partial charge on any atom is 0.282 e. The van der Waals surface area contributed by atoms with E-state index in [1.54, 1.807) is 6.07 Å². The minimum atomic E-state index is -0.486. The number of nitrogens with one attached hydrogen (secondary N) is 1. The van der Waals surface area contributed by atoms with Gasteiger partial charge in [-0.1, -0.05) is 0 Å². The molecule has 1 aromatic heterocycles. The van der Waals surface area contributed by atoms with Crippen molar-refractivity contribution >= 4 is 5.91 Å². The van der Waals surface area contributed by atoms with E-state index < -0.39 is 5.88 Å². The summed E-state index contributed by atoms with van der Waals surface area (Å²) < 4.78 is 0. The Bertz CT molecular complexity index is 310. The van der Waals surface area contributed by atoms with Crippen LogP contribution < -0.4 is 5.32 Å². The number of amides is 1. The number of nitrogens with zero attached hydrogens (tertiary/aromatic N) is 1. The summed E-state index contributed by atoms with van der Waals surface area (Å²) in [6.07, 6.45) is 1.37. The van der Waals surface area contributed by atoms with E-state index in [1.807, 2.05) is 13.8 Å². The number of pyridine rings is 1. The molecule has 1 rings (SSSR count). The molecule has 0 spiro atoms. The molecule has 0 aliphatic rings. The van der Waals surface area contributed by atoms with Crippen LogP contribution in [-0.2, 0) is 5.11 Å². The molecular formula is C9H11N2O2. The molecule has 1 aromatic rings. The zero-order valence-electron chi connectivity index (χ0n) is 7.57. The van der Waals surface area contributed by atoms with Crippen molar-refractivity contribution in [1.29, 1.82) is 0 Å². The zero-order valence-corrected chi connectivity index (χ0v) is 7.57. The van der Waals surface area contributed by atoms with E-state index in [4.69, 9.17) is 0 Å². The Hall–Kier alpha value is -1.58. The summed E-state index contributed by atoms with van der Waals surface area (Å²) in [6.45, 7) is 3.66. The van der Waals surface area contributed by atoms with Gasteiger partial charge in [-0.05, 0) is 26.0 Å². The summed E-state index contributed by atoms with van der Waals surface area (Å²) in [6, 6.07) is 3.05. The van der Waals surface area contributed by atoms with Crippen LogP contribution in [0.3, 0.4) is 0 Å². The third-order valence-electron chi connectivity index (χ3n) is 1.44. The first-order valence-corrected chi connectivity index (χ1v) is 4.04. The highest BCUT2D eigenvalue weighted by molar-refractivity contribution is 5.96. The van der Waals surface area contributed by atoms with Crippen molar-refractivity contribution in [3.8, 4) is 5.88 Å². The minimum absolute atomic E-state index is 0.0205. The molecule has 13 heavy (non-hydrogen) atoms. The lowest BCUT2D eigenvalue weighted by Crippen LogP contribution is -2.30. The summed E-state index contributed by atoms with van der Waals surface area (Å²) in [7, 11) is 0. The van der Waals surface area contributed by atoms with Crippen LogP contribution in [0.2, 0.25) is 0 Å². The van der Waals surface area contributed by atoms with Gasteiger partial charge >= 0.3 is 0 Å². The first-order chi connectivity index (χ1) is 6.11. The lowest BCUT2D eigenvalue weighted by molar-refractivity contribution is 0.0937. The van der Waals surface area contributed by atoms with E-state index in [9.17, 15) is 9.90 Å². The molecule has 1 heterocycles. The highest BCUT2D eigenvalue weighted by atomic mass is 16.3. The monoisotopic (exact) mass is 179 g/mol. The van der Waals surface area contributed by atoms with Crippen LogP contribution in [-0.4, -0.2) is 16.9 Å². The van der Waals surface area contributed by atoms with Crippen LogP contribution in [0, 0.1) is 0 Å². The summed E-state index contributed by atoms with van der Waals surface area (Å²) >= 11 is 0. The normalized spacial score (nSPS) is 10.1. The van der Waals surface area contributed by atoms with E-state index in [2.05, 4.69) is 10.3 Å². The summed E-state index contributed by atoms with van der Waals surface area (Å²) in [5, 5.41) is 13.7. The highest BCUT2D eigenvalue weighted by Gasteiger charge is 2.12. The lowest BCUT2D eigenvalue weighted by atomic mass is 10.2. The molecule has 0 saturated carbocycles. The molecule has 0 fully saturated rings. The molecule has 0 unspecified atom stereocenters. The van der Waals surface area contributed by atoms with E-state index >= 15 is 0 Å². The standard InChI is InChI=1S/C9H11N2O2/c1-6(2)11-9(13)7-4-3-5-10-8(7)12/h3-6H,1-2H3,(H,11,13). The van der Waals surface area contributed by atoms with Crippen LogP contribution in [0.15, 0.2) is 18.3 Å². The highest BCUT2D eigenvalue weighted by Crippen LogP contribution is 2.12. The van der Waals surface area contributed by atoms with Gasteiger partial charge in [0.25, 0.3) is 11.8 Å². The van der Waals surface area contributed by atoms with Crippen LogP contribution in [0.4, 0.5) is 0 Å². The minimum Gasteiger partial charge on any atom is -0.350 e. The number of carbonyl (C=O) groups excluding carboxylic acids is 1. The average molecular weight is 179 g/mol. The zero-order chi connectivity index (χ0) is 9.84. The first-order valence-electron chi connectivity index (χ1n) is 4.04. The predicted octanol–water partition coefficient (Wildman–Crippen LogP) is 1.36. The third-order valence-corrected chi connectivity index (χ3v) is 1.44. The molecule has 0 aliphatic carbocycles. The molecule has 69 valence electrons. The molecule has 0 atom stereocenters. The van der Waals surface area contributed by atoms with Crippen molar-refractivity contribution in [1.82, 2.24) is 10.3 Å². The Morgan fingerprint density at radius 1 is 1.54 bits per heavy atom. The predicted molar refractivity (Wildman–Crippen MR) is 47.0 cm³/mol. The largest absolute Gasteiger partial charge is 0.350 e. The van der Waals surface area contributed by atoms with Gasteiger partial charge in [-0.15, -0.1) is 0 Å². The molecule has 4 nitrogen and oxygen atoms in total. The quantitative estimate of drug-likeness (QED) is 0.745. The summed E-state index contributed by atoms with van der Waals surface area (Å²) in [4.78, 5) is 14.8. The fourth-order valence-electron chi connectivity index (χ4n) is 0.904. The number of rotatable bonds is 2. The van der Waals surface area contributed by atoms with Crippen LogP contribution >= 0.6 is 0 Å². The Balaban J connectivity index is 2.83. The van der Waals surface area contributed by atoms with Gasteiger partial charge in [0.2, 0.25) is 0 Å². The van der Waals surface area contributed by atoms with Crippen molar-refractivity contribution < 1.29 is 9.90 Å². The van der Waals surface area contributed by atoms with Gasteiger partial charge in [0, 0.05) is 12.2 Å². The maximum atomic E-state index is 11.3. The van der Waals surface area contributed by atoms with Crippen molar-refractivity contribution in [2.24, 2.45) is 0 Å². The summed E-state index contributed by atoms with van der Waals surface area (Å²) in [5.41, 5.74) is 0.0937. The fraction of sp³-hybridized carbons (Fsp3) is 0.333. The van der Waals surface area contributed by atoms with Crippen LogP contribution in [0.1, 0.15) is 24.2 Å². The molecule has 0 bridgehead atoms. The Kier molecular flexibility index (Phi) is 2.84. The van der Waals surface area contributed by atoms with E-state index in [0.717, 1.165) is 0 Å². The average Bonchev–Trinajstić information content (AvgIpc) is 2.03. The number of carbonyl (C=O) groups is 1. The smallest absolute Gasteiger partial charge is 0.282 e. The summed E-state index contributed by atoms with van der Waals surface area (Å²) in [5.74, 6) is -0.853. The molecule has 0 saturated heterocycles. The molecule has 1 radical (unpaired) electrons. The topological polar surface area (TPSA) is 61.9 Å². The Labute approximate surface area is 76.6 Å². The molecule has 4 heteroatoms. The third kappa shape index (κ3) is 2.43. The van der Waals surface area contributed by atoms with Crippen LogP contribution in [0.5, 0.6) is 5.88 Å². The second-order valence-corrected chi connectivity index (χ2v) is 2.98. The van der Waals surface area contributed by atoms with Gasteiger partial charge in [-0.3, -0.25) is 9.90 Å². The van der Waals surface area contributed by atoms with E-state index in [0.29, 0.717) is 0 Å². The molecule has 0 aromatic carbocycles. The van der Waals surface area contributed by atoms with Gasteiger partial charge < -0.3 is 5.32 Å². The number of hydrogen-bond acceptors (Lipinski definition) is 2. The Morgan fingerprint density at radius 3 is 2.77 bits per heavy atom. The van der Waals surface area contributed by atoms with Crippen LogP contribution in [0.25, 0.3) is 0 Å². The molecular weight excluding hydrogens is 168 g/mol. The van der Waals surface area contributed by atoms with Crippen molar-refractivity contribution in [2.75, 3.05) is 0 Å². The Morgan fingerprint density at radius 2 is 2.23 bits per heavy atom. The van der Waals surface area contributed by atoms with E-state index in [1.165, 1.54) is 12.3 Å². The second-order valence-electron chi connectivity index (χ2n) is 2.98. The van der Waals surface area contributed by atoms with Gasteiger partial charge in [0.05, 0.1) is 0 Å². The SMILES string of the molecule is CC(C)NC(=O)c1cccnc1[O]. The molecule has 0 aliphatic heterocycles. The number of hydrogen-bond donors (Lipinski definition) is 1. The van der Waals surface area contributed by atoms with Crippen molar-refractivity contribution in [3.05, 3.63) is 23.9 Å². The van der Waals surface area contributed by atoms with Crippen molar-refractivity contribution in [2.45, 2.75) is 19.9 Å². The fourth-order valence-corrected chi connectivity index (χ4v) is 0.904. The maximum absolute atomic E-state index is 11.3. The molecule has 1 N–H and O–H groups in total. The second kappa shape index (κ2) is 3.89. The van der Waals surface area contributed by atoms with E-state index in [-0.39, 0.29) is 17.5 Å². The lowest BCUT2D eigenvalue weighted by Gasteiger charge is -2.07. The van der Waals surface area contributed by atoms with Crippen molar-refractivity contribution in [3.63, 3.8) is 0 Å². The van der Waals surface area contributed by atoms with Gasteiger partial charge in [0.1, 0.15) is 5.56 Å².